The Morgan fingerprint density at radius 1 is 1.00 bits per heavy atom. The van der Waals surface area contributed by atoms with Gasteiger partial charge in [0.25, 0.3) is 11.5 Å². The molecule has 0 spiro atoms. The van der Waals surface area contributed by atoms with Crippen molar-refractivity contribution in [1.82, 2.24) is 14.1 Å². The molecule has 0 aliphatic rings. The number of rotatable bonds is 8. The van der Waals surface area contributed by atoms with Crippen LogP contribution < -0.4 is 10.9 Å². The monoisotopic (exact) mass is 470 g/mol. The first-order valence-electron chi connectivity index (χ1n) is 9.78. The summed E-state index contributed by atoms with van der Waals surface area (Å²) in [4.78, 5) is 36.5. The van der Waals surface area contributed by atoms with Gasteiger partial charge in [0.2, 0.25) is 10.0 Å². The van der Waals surface area contributed by atoms with Crippen LogP contribution >= 0.6 is 0 Å². The van der Waals surface area contributed by atoms with Gasteiger partial charge in [-0.2, -0.15) is 5.10 Å². The van der Waals surface area contributed by atoms with E-state index >= 15 is 0 Å². The molecule has 0 aliphatic heterocycles. The molecule has 0 bridgehead atoms. The molecule has 1 amide bonds. The highest BCUT2D eigenvalue weighted by atomic mass is 32.2. The highest BCUT2D eigenvalue weighted by Crippen LogP contribution is 2.16. The van der Waals surface area contributed by atoms with Gasteiger partial charge in [-0.05, 0) is 35.9 Å². The Morgan fingerprint density at radius 2 is 1.67 bits per heavy atom. The number of hydrogen-bond acceptors (Lipinski definition) is 7. The van der Waals surface area contributed by atoms with E-state index in [-0.39, 0.29) is 22.7 Å². The van der Waals surface area contributed by atoms with Crippen LogP contribution in [0.1, 0.15) is 16.1 Å². The second-order valence-corrected chi connectivity index (χ2v) is 9.29. The number of amides is 1. The molecule has 1 heterocycles. The van der Waals surface area contributed by atoms with Crippen molar-refractivity contribution < 1.29 is 22.7 Å². The quantitative estimate of drug-likeness (QED) is 0.492. The van der Waals surface area contributed by atoms with Gasteiger partial charge in [0.1, 0.15) is 0 Å². The second kappa shape index (κ2) is 10.2. The van der Waals surface area contributed by atoms with Crippen molar-refractivity contribution in [2.45, 2.75) is 11.4 Å². The number of nitrogens with one attached hydrogen (secondary N) is 1. The third-order valence-electron chi connectivity index (χ3n) is 4.50. The Hall–Kier alpha value is -3.83. The second-order valence-electron chi connectivity index (χ2n) is 7.14. The van der Waals surface area contributed by atoms with E-state index in [1.165, 1.54) is 50.5 Å². The van der Waals surface area contributed by atoms with Crippen LogP contribution in [0.2, 0.25) is 0 Å². The molecule has 11 heteroatoms. The first kappa shape index (κ1) is 23.8. The predicted octanol–water partition coefficient (Wildman–Crippen LogP) is 1.34. The molecular formula is C22H22N4O6S. The lowest BCUT2D eigenvalue weighted by molar-refractivity contribution is -0.119. The van der Waals surface area contributed by atoms with Gasteiger partial charge in [0.05, 0.1) is 11.4 Å². The van der Waals surface area contributed by atoms with Gasteiger partial charge in [-0.15, -0.1) is 0 Å². The predicted molar refractivity (Wildman–Crippen MR) is 120 cm³/mol. The highest BCUT2D eigenvalue weighted by molar-refractivity contribution is 7.89. The van der Waals surface area contributed by atoms with Gasteiger partial charge < -0.3 is 10.1 Å². The number of carbonyl (C=O) groups excluding carboxylic acids is 2. The minimum atomic E-state index is -3.58. The van der Waals surface area contributed by atoms with Crippen molar-refractivity contribution in [2.75, 3.05) is 26.0 Å². The van der Waals surface area contributed by atoms with E-state index in [2.05, 4.69) is 10.4 Å². The van der Waals surface area contributed by atoms with Crippen LogP contribution in [0.5, 0.6) is 0 Å². The molecule has 0 radical (unpaired) electrons. The molecular weight excluding hydrogens is 448 g/mol. The summed E-state index contributed by atoms with van der Waals surface area (Å²) in [7, 11) is -0.744. The van der Waals surface area contributed by atoms with E-state index < -0.39 is 28.5 Å². The number of ether oxygens (including phenoxy) is 1. The largest absolute Gasteiger partial charge is 0.451 e. The molecule has 0 unspecified atom stereocenters. The zero-order valence-corrected chi connectivity index (χ0v) is 18.8. The van der Waals surface area contributed by atoms with Gasteiger partial charge >= 0.3 is 5.97 Å². The maximum absolute atomic E-state index is 12.3. The van der Waals surface area contributed by atoms with Crippen LogP contribution in [-0.4, -0.2) is 55.1 Å². The van der Waals surface area contributed by atoms with E-state index in [9.17, 15) is 22.8 Å². The molecule has 3 rings (SSSR count). The average molecular weight is 471 g/mol. The minimum Gasteiger partial charge on any atom is -0.451 e. The van der Waals surface area contributed by atoms with Gasteiger partial charge in [-0.3, -0.25) is 9.59 Å². The lowest BCUT2D eigenvalue weighted by Crippen LogP contribution is -2.26. The molecule has 0 saturated heterocycles. The van der Waals surface area contributed by atoms with Crippen molar-refractivity contribution in [3.63, 3.8) is 0 Å². The molecule has 2 aromatic carbocycles. The number of anilines is 1. The molecule has 0 fully saturated rings. The van der Waals surface area contributed by atoms with Crippen LogP contribution in [0.3, 0.4) is 0 Å². The number of nitrogens with zero attached hydrogens (tertiary/aromatic N) is 3. The highest BCUT2D eigenvalue weighted by Gasteiger charge is 2.17. The van der Waals surface area contributed by atoms with Crippen molar-refractivity contribution in [2.24, 2.45) is 0 Å². The van der Waals surface area contributed by atoms with Gasteiger partial charge in [0, 0.05) is 25.8 Å². The van der Waals surface area contributed by atoms with Crippen LogP contribution in [0.4, 0.5) is 5.69 Å². The molecule has 0 atom stereocenters. The summed E-state index contributed by atoms with van der Waals surface area (Å²) in [5, 5.41) is 6.52. The molecule has 1 N–H and O–H groups in total. The molecule has 33 heavy (non-hydrogen) atoms. The summed E-state index contributed by atoms with van der Waals surface area (Å²) >= 11 is 0. The topological polar surface area (TPSA) is 128 Å². The first-order chi connectivity index (χ1) is 15.7. The van der Waals surface area contributed by atoms with Gasteiger partial charge in [-0.25, -0.2) is 22.2 Å². The van der Waals surface area contributed by atoms with Crippen LogP contribution in [0.25, 0.3) is 0 Å². The summed E-state index contributed by atoms with van der Waals surface area (Å²) in [6, 6.07) is 17.2. The van der Waals surface area contributed by atoms with Gasteiger partial charge in [0.15, 0.2) is 12.3 Å². The molecule has 0 aliphatic carbocycles. The van der Waals surface area contributed by atoms with Crippen molar-refractivity contribution >= 4 is 27.6 Å². The van der Waals surface area contributed by atoms with Crippen LogP contribution in [0.15, 0.2) is 76.4 Å². The van der Waals surface area contributed by atoms with Gasteiger partial charge in [-0.1, -0.05) is 30.3 Å². The van der Waals surface area contributed by atoms with E-state index in [0.29, 0.717) is 5.69 Å². The zero-order chi connectivity index (χ0) is 24.0. The standard InChI is InChI=1S/C22H22N4O6S/c1-25(2)33(30,31)18-10-8-17(9-11-18)23-20(27)15-32-22(29)19-12-13-21(28)26(24-19)14-16-6-4-3-5-7-16/h3-13H,14-15H2,1-2H3,(H,23,27). The lowest BCUT2D eigenvalue weighted by Gasteiger charge is -2.12. The van der Waals surface area contributed by atoms with E-state index in [1.54, 1.807) is 0 Å². The fraction of sp³-hybridized carbons (Fsp3) is 0.182. The minimum absolute atomic E-state index is 0.0774. The summed E-state index contributed by atoms with van der Waals surface area (Å²) in [5.74, 6) is -1.48. The van der Waals surface area contributed by atoms with Crippen molar-refractivity contribution in [3.05, 3.63) is 88.3 Å². The number of hydrogen-bond donors (Lipinski definition) is 1. The Morgan fingerprint density at radius 3 is 2.30 bits per heavy atom. The normalized spacial score (nSPS) is 11.2. The van der Waals surface area contributed by atoms with Crippen molar-refractivity contribution in [3.8, 4) is 0 Å². The third kappa shape index (κ3) is 6.11. The van der Waals surface area contributed by atoms with E-state index in [1.807, 2.05) is 30.3 Å². The van der Waals surface area contributed by atoms with E-state index in [0.717, 1.165) is 14.6 Å². The number of esters is 1. The fourth-order valence-corrected chi connectivity index (χ4v) is 3.65. The number of benzene rings is 2. The summed E-state index contributed by atoms with van der Waals surface area (Å²) < 4.78 is 31.4. The number of sulfonamides is 1. The van der Waals surface area contributed by atoms with E-state index in [4.69, 9.17) is 4.74 Å². The summed E-state index contributed by atoms with van der Waals surface area (Å²) in [6.07, 6.45) is 0. The molecule has 172 valence electrons. The molecule has 3 aromatic rings. The SMILES string of the molecule is CN(C)S(=O)(=O)c1ccc(NC(=O)COC(=O)c2ccc(=O)n(Cc3ccccc3)n2)cc1. The molecule has 0 saturated carbocycles. The zero-order valence-electron chi connectivity index (χ0n) is 18.0. The number of carbonyl (C=O) groups is 2. The van der Waals surface area contributed by atoms with Crippen LogP contribution in [-0.2, 0) is 26.1 Å². The Labute approximate surface area is 190 Å². The Bertz CT molecular complexity index is 1300. The smallest absolute Gasteiger partial charge is 0.359 e. The average Bonchev–Trinajstić information content (AvgIpc) is 2.80. The number of aromatic nitrogens is 2. The first-order valence-corrected chi connectivity index (χ1v) is 11.2. The Kier molecular flexibility index (Phi) is 7.36. The maximum Gasteiger partial charge on any atom is 0.359 e. The van der Waals surface area contributed by atoms with Crippen molar-refractivity contribution in [1.29, 1.82) is 0 Å². The van der Waals surface area contributed by atoms with Crippen LogP contribution in [0, 0.1) is 0 Å². The Balaban J connectivity index is 1.59. The maximum atomic E-state index is 12.3. The molecule has 10 nitrogen and oxygen atoms in total. The fourth-order valence-electron chi connectivity index (χ4n) is 2.75. The third-order valence-corrected chi connectivity index (χ3v) is 6.33. The summed E-state index contributed by atoms with van der Waals surface area (Å²) in [6.45, 7) is -0.406. The lowest BCUT2D eigenvalue weighted by atomic mass is 10.2. The summed E-state index contributed by atoms with van der Waals surface area (Å²) in [5.41, 5.74) is 0.675. The molecule has 1 aromatic heterocycles.